The first kappa shape index (κ1) is 63.6. The molecule has 6 heteroatoms. The summed E-state index contributed by atoms with van der Waals surface area (Å²) in [5.41, 5.74) is 0. The minimum absolute atomic E-state index is 0.0916. The molecule has 0 rings (SSSR count). The molecule has 0 aromatic heterocycles. The molecule has 1 atom stereocenters. The van der Waals surface area contributed by atoms with Gasteiger partial charge in [0, 0.05) is 19.3 Å². The van der Waals surface area contributed by atoms with Gasteiger partial charge in [0.1, 0.15) is 13.2 Å². The van der Waals surface area contributed by atoms with Gasteiger partial charge in [-0.3, -0.25) is 14.4 Å². The summed E-state index contributed by atoms with van der Waals surface area (Å²) in [4.78, 5) is 38.1. The van der Waals surface area contributed by atoms with Crippen LogP contribution < -0.4 is 0 Å². The quantitative estimate of drug-likeness (QED) is 0.0262. The number of hydrogen-bond acceptors (Lipinski definition) is 6. The van der Waals surface area contributed by atoms with Gasteiger partial charge in [-0.05, 0) is 109 Å². The number of hydrogen-bond donors (Lipinski definition) is 0. The highest BCUT2D eigenvalue weighted by Crippen LogP contribution is 2.14. The molecular formula is C61H104O6. The van der Waals surface area contributed by atoms with Gasteiger partial charge in [0.25, 0.3) is 0 Å². The minimum atomic E-state index is -0.795. The third kappa shape index (κ3) is 53.4. The zero-order valence-electron chi connectivity index (χ0n) is 43.9. The van der Waals surface area contributed by atoms with E-state index in [0.29, 0.717) is 19.3 Å². The SMILES string of the molecule is CC/C=C\C/C=C\C/C=C\C/C=C\CCCCCCC(=O)OC(COC(=O)CCCCCCC/C=C\CCCC)COC(=O)CCCCCCCCCCC/C=C\C/C=C\CCCCCCC. The van der Waals surface area contributed by atoms with Crippen LogP contribution in [0.5, 0.6) is 0 Å². The summed E-state index contributed by atoms with van der Waals surface area (Å²) in [5, 5.41) is 0. The van der Waals surface area contributed by atoms with Crippen molar-refractivity contribution in [2.75, 3.05) is 13.2 Å². The lowest BCUT2D eigenvalue weighted by Gasteiger charge is -2.18. The Labute approximate surface area is 414 Å². The van der Waals surface area contributed by atoms with Crippen molar-refractivity contribution in [2.45, 2.75) is 271 Å². The Morgan fingerprint density at radius 2 is 0.597 bits per heavy atom. The van der Waals surface area contributed by atoms with Crippen LogP contribution in [0.25, 0.3) is 0 Å². The maximum absolute atomic E-state index is 12.8. The van der Waals surface area contributed by atoms with Crippen molar-refractivity contribution >= 4 is 17.9 Å². The Morgan fingerprint density at radius 3 is 0.970 bits per heavy atom. The summed E-state index contributed by atoms with van der Waals surface area (Å²) in [5.74, 6) is -0.927. The molecule has 0 radical (unpaired) electrons. The lowest BCUT2D eigenvalue weighted by Crippen LogP contribution is -2.30. The lowest BCUT2D eigenvalue weighted by atomic mass is 10.1. The van der Waals surface area contributed by atoms with Gasteiger partial charge in [-0.25, -0.2) is 0 Å². The zero-order chi connectivity index (χ0) is 48.6. The van der Waals surface area contributed by atoms with Crippen molar-refractivity contribution in [3.63, 3.8) is 0 Å². The first-order valence-electron chi connectivity index (χ1n) is 28.1. The zero-order valence-corrected chi connectivity index (χ0v) is 43.9. The van der Waals surface area contributed by atoms with Crippen molar-refractivity contribution in [1.29, 1.82) is 0 Å². The largest absolute Gasteiger partial charge is 0.462 e. The molecule has 0 bridgehead atoms. The summed E-state index contributed by atoms with van der Waals surface area (Å²) in [6, 6.07) is 0. The average Bonchev–Trinajstić information content (AvgIpc) is 3.33. The summed E-state index contributed by atoms with van der Waals surface area (Å²) in [7, 11) is 0. The fraction of sp³-hybridized carbons (Fsp3) is 0.721. The normalized spacial score (nSPS) is 12.7. The Hall–Kier alpha value is -3.41. The summed E-state index contributed by atoms with van der Waals surface area (Å²) < 4.78 is 16.8. The van der Waals surface area contributed by atoms with Crippen molar-refractivity contribution in [3.05, 3.63) is 85.1 Å². The summed E-state index contributed by atoms with van der Waals surface area (Å²) in [6.45, 7) is 6.45. The molecule has 0 aromatic carbocycles. The van der Waals surface area contributed by atoms with Gasteiger partial charge in [0.05, 0.1) is 0 Å². The first-order chi connectivity index (χ1) is 33.0. The second-order valence-corrected chi connectivity index (χ2v) is 18.5. The number of rotatable bonds is 50. The molecule has 0 fully saturated rings. The Morgan fingerprint density at radius 1 is 0.313 bits per heavy atom. The molecule has 0 saturated carbocycles. The van der Waals surface area contributed by atoms with E-state index in [2.05, 4.69) is 106 Å². The Kier molecular flexibility index (Phi) is 52.4. The maximum atomic E-state index is 12.8. The van der Waals surface area contributed by atoms with Crippen molar-refractivity contribution in [3.8, 4) is 0 Å². The van der Waals surface area contributed by atoms with E-state index < -0.39 is 6.10 Å². The Balaban J connectivity index is 4.37. The van der Waals surface area contributed by atoms with Crippen LogP contribution in [-0.4, -0.2) is 37.2 Å². The molecule has 0 aliphatic heterocycles. The number of unbranched alkanes of at least 4 members (excludes halogenated alkanes) is 25. The van der Waals surface area contributed by atoms with Gasteiger partial charge < -0.3 is 14.2 Å². The highest BCUT2D eigenvalue weighted by Gasteiger charge is 2.19. The predicted molar refractivity (Wildman–Crippen MR) is 288 cm³/mol. The van der Waals surface area contributed by atoms with Crippen molar-refractivity contribution in [1.82, 2.24) is 0 Å². The van der Waals surface area contributed by atoms with E-state index in [1.165, 1.54) is 116 Å². The Bertz CT molecular complexity index is 1300. The molecule has 0 amide bonds. The number of ether oxygens (including phenoxy) is 3. The molecule has 0 saturated heterocycles. The minimum Gasteiger partial charge on any atom is -0.462 e. The van der Waals surface area contributed by atoms with Crippen LogP contribution >= 0.6 is 0 Å². The average molecular weight is 933 g/mol. The van der Waals surface area contributed by atoms with Crippen LogP contribution in [0.15, 0.2) is 85.1 Å². The van der Waals surface area contributed by atoms with Gasteiger partial charge in [-0.2, -0.15) is 0 Å². The number of carbonyl (C=O) groups is 3. The van der Waals surface area contributed by atoms with E-state index in [-0.39, 0.29) is 31.1 Å². The monoisotopic (exact) mass is 933 g/mol. The molecule has 0 N–H and O–H groups in total. The van der Waals surface area contributed by atoms with Crippen molar-refractivity contribution in [2.24, 2.45) is 0 Å². The first-order valence-corrected chi connectivity index (χ1v) is 28.1. The molecule has 67 heavy (non-hydrogen) atoms. The maximum Gasteiger partial charge on any atom is 0.306 e. The van der Waals surface area contributed by atoms with E-state index in [1.807, 2.05) is 0 Å². The molecule has 0 spiro atoms. The van der Waals surface area contributed by atoms with Gasteiger partial charge in [0.15, 0.2) is 6.10 Å². The molecule has 6 nitrogen and oxygen atoms in total. The highest BCUT2D eigenvalue weighted by atomic mass is 16.6. The predicted octanol–water partition coefficient (Wildman–Crippen LogP) is 18.8. The summed E-state index contributed by atoms with van der Waals surface area (Å²) >= 11 is 0. The standard InChI is InChI=1S/C61H104O6/c1-4-7-10-13-16-19-22-24-26-28-29-30-31-33-34-36-39-42-45-48-51-54-60(63)66-57-58(56-65-59(62)53-50-47-44-41-38-21-18-15-12-9-6-3)67-61(64)55-52-49-46-43-40-37-35-32-27-25-23-20-17-14-11-8-5-2/h8,11,15,17-18,20,22,24-25,27-29,35,37,58H,4-7,9-10,12-14,16,19,21,23,26,30-34,36,38-57H2,1-3H3/b11-8-,18-15-,20-17-,24-22-,27-25-,29-28-,37-35-. The molecule has 1 unspecified atom stereocenters. The van der Waals surface area contributed by atoms with Gasteiger partial charge in [-0.15, -0.1) is 0 Å². The molecule has 0 heterocycles. The van der Waals surface area contributed by atoms with Crippen molar-refractivity contribution < 1.29 is 28.6 Å². The van der Waals surface area contributed by atoms with E-state index >= 15 is 0 Å². The molecule has 0 aliphatic carbocycles. The number of carbonyl (C=O) groups excluding carboxylic acids is 3. The third-order valence-corrected chi connectivity index (χ3v) is 11.9. The number of esters is 3. The molecule has 0 aliphatic rings. The topological polar surface area (TPSA) is 78.9 Å². The van der Waals surface area contributed by atoms with E-state index in [0.717, 1.165) is 109 Å². The number of allylic oxidation sites excluding steroid dienone is 14. The summed E-state index contributed by atoms with van der Waals surface area (Å²) in [6.07, 6.45) is 71.4. The fourth-order valence-electron chi connectivity index (χ4n) is 7.62. The lowest BCUT2D eigenvalue weighted by molar-refractivity contribution is -0.167. The van der Waals surface area contributed by atoms with E-state index in [9.17, 15) is 14.4 Å². The fourth-order valence-corrected chi connectivity index (χ4v) is 7.62. The highest BCUT2D eigenvalue weighted by molar-refractivity contribution is 5.71. The second kappa shape index (κ2) is 55.2. The van der Waals surface area contributed by atoms with E-state index in [4.69, 9.17) is 14.2 Å². The molecule has 0 aromatic rings. The van der Waals surface area contributed by atoms with Crippen LogP contribution in [0.2, 0.25) is 0 Å². The van der Waals surface area contributed by atoms with E-state index in [1.54, 1.807) is 0 Å². The van der Waals surface area contributed by atoms with Crippen LogP contribution in [0, 0.1) is 0 Å². The second-order valence-electron chi connectivity index (χ2n) is 18.5. The van der Waals surface area contributed by atoms with Gasteiger partial charge >= 0.3 is 17.9 Å². The van der Waals surface area contributed by atoms with Crippen LogP contribution in [0.4, 0.5) is 0 Å². The van der Waals surface area contributed by atoms with Crippen LogP contribution in [-0.2, 0) is 28.6 Å². The van der Waals surface area contributed by atoms with Crippen LogP contribution in [0.1, 0.15) is 265 Å². The van der Waals surface area contributed by atoms with Crippen LogP contribution in [0.3, 0.4) is 0 Å². The van der Waals surface area contributed by atoms with Gasteiger partial charge in [0.2, 0.25) is 0 Å². The smallest absolute Gasteiger partial charge is 0.306 e. The third-order valence-electron chi connectivity index (χ3n) is 11.9. The molecule has 384 valence electrons. The van der Waals surface area contributed by atoms with Gasteiger partial charge in [-0.1, -0.05) is 221 Å². The molecular weight excluding hydrogens is 829 g/mol.